The molecule has 3 N–H and O–H groups in total. The number of fused-ring (bicyclic) bond motifs is 3. The van der Waals surface area contributed by atoms with Crippen molar-refractivity contribution in [2.45, 2.75) is 45.1 Å². The van der Waals surface area contributed by atoms with E-state index >= 15 is 0 Å². The van der Waals surface area contributed by atoms with Crippen LogP contribution in [0, 0.1) is 6.92 Å². The number of amides is 2. The second kappa shape index (κ2) is 13.1. The van der Waals surface area contributed by atoms with Gasteiger partial charge in [-0.1, -0.05) is 48.5 Å². The van der Waals surface area contributed by atoms with Gasteiger partial charge in [-0.25, -0.2) is 4.79 Å². The number of hydrogen-bond donors (Lipinski definition) is 3. The number of ketones is 1. The number of rotatable bonds is 10. The molecule has 0 saturated heterocycles. The zero-order valence-electron chi connectivity index (χ0n) is 21.5. The van der Waals surface area contributed by atoms with Gasteiger partial charge in [-0.05, 0) is 53.6 Å². The highest BCUT2D eigenvalue weighted by atomic mass is 32.1. The summed E-state index contributed by atoms with van der Waals surface area (Å²) in [5, 5.41) is 5.39. The van der Waals surface area contributed by atoms with Crippen LogP contribution in [0.5, 0.6) is 0 Å². The van der Waals surface area contributed by atoms with Gasteiger partial charge in [0.15, 0.2) is 5.78 Å². The van der Waals surface area contributed by atoms with Crippen molar-refractivity contribution in [2.24, 2.45) is 0 Å². The molecule has 1 aliphatic carbocycles. The maximum absolute atomic E-state index is 12.8. The predicted octanol–water partition coefficient (Wildman–Crippen LogP) is 3.73. The summed E-state index contributed by atoms with van der Waals surface area (Å²) in [6.07, 6.45) is 1.74. The predicted molar refractivity (Wildman–Crippen MR) is 151 cm³/mol. The summed E-state index contributed by atoms with van der Waals surface area (Å²) >= 11 is 0. The Balaban J connectivity index is 0.00000400. The van der Waals surface area contributed by atoms with E-state index in [1.807, 2.05) is 31.2 Å². The van der Waals surface area contributed by atoms with Crippen molar-refractivity contribution in [3.8, 4) is 11.1 Å². The standard InChI is InChI=1S/C29H31N3O5.H2S/c1-18-14-20(28(35)31-16-18)15-27(34)26(32-19(2)33)12-7-13-30-29(36)37-17-25-23-10-5-3-8-21(23)22-9-4-6-11-24(22)25;/h3-6,8-11,14,16,25-26H,7,12-13,15,17H2,1-2H3,(H,30,36)(H,31,35)(H,32,33);1H2/t26-;/m0./s1. The Morgan fingerprint density at radius 3 is 2.29 bits per heavy atom. The molecule has 0 spiro atoms. The Kier molecular flexibility index (Phi) is 9.90. The second-order valence-corrected chi connectivity index (χ2v) is 9.32. The van der Waals surface area contributed by atoms with Crippen LogP contribution in [-0.4, -0.2) is 42.0 Å². The molecular formula is C29H33N3O5S. The van der Waals surface area contributed by atoms with Crippen molar-refractivity contribution in [3.63, 3.8) is 0 Å². The third-order valence-electron chi connectivity index (χ3n) is 6.54. The lowest BCUT2D eigenvalue weighted by Crippen LogP contribution is -2.41. The number of carbonyl (C=O) groups excluding carboxylic acids is 3. The number of carbonyl (C=O) groups is 3. The number of aromatic nitrogens is 1. The highest BCUT2D eigenvalue weighted by molar-refractivity contribution is 7.59. The summed E-state index contributed by atoms with van der Waals surface area (Å²) in [6, 6.07) is 17.2. The zero-order chi connectivity index (χ0) is 26.4. The van der Waals surface area contributed by atoms with Crippen LogP contribution in [0.3, 0.4) is 0 Å². The number of aryl methyl sites for hydroxylation is 1. The van der Waals surface area contributed by atoms with Gasteiger partial charge in [0, 0.05) is 37.6 Å². The molecule has 200 valence electrons. The van der Waals surface area contributed by atoms with Crippen molar-refractivity contribution in [3.05, 3.63) is 93.4 Å². The van der Waals surface area contributed by atoms with Gasteiger partial charge in [0.25, 0.3) is 5.56 Å². The fraction of sp³-hybridized carbons (Fsp3) is 0.310. The van der Waals surface area contributed by atoms with E-state index in [1.165, 1.54) is 6.92 Å². The van der Waals surface area contributed by atoms with Crippen LogP contribution in [0.2, 0.25) is 0 Å². The number of aromatic amines is 1. The fourth-order valence-corrected chi connectivity index (χ4v) is 4.80. The number of hydrogen-bond acceptors (Lipinski definition) is 5. The first-order valence-corrected chi connectivity index (χ1v) is 12.4. The van der Waals surface area contributed by atoms with E-state index in [9.17, 15) is 19.2 Å². The van der Waals surface area contributed by atoms with Gasteiger partial charge in [0.1, 0.15) is 6.61 Å². The highest BCUT2D eigenvalue weighted by Gasteiger charge is 2.29. The molecule has 3 aromatic rings. The normalized spacial score (nSPS) is 12.5. The molecule has 9 heteroatoms. The van der Waals surface area contributed by atoms with E-state index in [0.29, 0.717) is 18.4 Å². The van der Waals surface area contributed by atoms with E-state index in [0.717, 1.165) is 27.8 Å². The molecule has 0 fully saturated rings. The Hall–Kier alpha value is -3.85. The first-order chi connectivity index (χ1) is 17.8. The molecule has 1 aliphatic rings. The lowest BCUT2D eigenvalue weighted by molar-refractivity contribution is -0.126. The van der Waals surface area contributed by atoms with E-state index in [2.05, 4.69) is 39.9 Å². The van der Waals surface area contributed by atoms with Crippen molar-refractivity contribution >= 4 is 31.3 Å². The quantitative estimate of drug-likeness (QED) is 0.342. The molecule has 2 aromatic carbocycles. The van der Waals surface area contributed by atoms with Crippen LogP contribution in [0.4, 0.5) is 4.79 Å². The van der Waals surface area contributed by atoms with Gasteiger partial charge in [-0.2, -0.15) is 13.5 Å². The van der Waals surface area contributed by atoms with Gasteiger partial charge in [-0.3, -0.25) is 14.4 Å². The molecule has 38 heavy (non-hydrogen) atoms. The smallest absolute Gasteiger partial charge is 0.407 e. The molecule has 0 aliphatic heterocycles. The largest absolute Gasteiger partial charge is 0.449 e. The fourth-order valence-electron chi connectivity index (χ4n) is 4.80. The second-order valence-electron chi connectivity index (χ2n) is 9.32. The SMILES string of the molecule is CC(=O)N[C@@H](CCCNC(=O)OCC1c2ccccc2-c2ccccc21)C(=O)Cc1cc(C)c[nH]c1=O.S. The summed E-state index contributed by atoms with van der Waals surface area (Å²) in [4.78, 5) is 51.5. The van der Waals surface area contributed by atoms with E-state index in [-0.39, 0.29) is 56.2 Å². The van der Waals surface area contributed by atoms with Crippen LogP contribution >= 0.6 is 13.5 Å². The Morgan fingerprint density at radius 2 is 1.66 bits per heavy atom. The number of Topliss-reactive ketones (excluding diaryl/α,β-unsaturated/α-hetero) is 1. The van der Waals surface area contributed by atoms with Gasteiger partial charge in [0.2, 0.25) is 5.91 Å². The Bertz CT molecular complexity index is 1320. The zero-order valence-corrected chi connectivity index (χ0v) is 22.5. The number of pyridine rings is 1. The van der Waals surface area contributed by atoms with Gasteiger partial charge < -0.3 is 20.4 Å². The number of ether oxygens (including phenoxy) is 1. The molecule has 0 bridgehead atoms. The summed E-state index contributed by atoms with van der Waals surface area (Å²) in [6.45, 7) is 3.67. The number of benzene rings is 2. The summed E-state index contributed by atoms with van der Waals surface area (Å²) in [7, 11) is 0. The third kappa shape index (κ3) is 6.92. The van der Waals surface area contributed by atoms with E-state index < -0.39 is 12.1 Å². The molecule has 0 radical (unpaired) electrons. The van der Waals surface area contributed by atoms with Crippen molar-refractivity contribution < 1.29 is 19.1 Å². The first kappa shape index (κ1) is 28.7. The van der Waals surface area contributed by atoms with Crippen LogP contribution in [0.1, 0.15) is 47.9 Å². The number of H-pyrrole nitrogens is 1. The van der Waals surface area contributed by atoms with Crippen molar-refractivity contribution in [1.29, 1.82) is 0 Å². The molecule has 1 heterocycles. The maximum atomic E-state index is 12.8. The monoisotopic (exact) mass is 535 g/mol. The van der Waals surface area contributed by atoms with Gasteiger partial charge >= 0.3 is 6.09 Å². The summed E-state index contributed by atoms with van der Waals surface area (Å²) in [5.41, 5.74) is 5.48. The molecule has 8 nitrogen and oxygen atoms in total. The van der Waals surface area contributed by atoms with Crippen LogP contribution < -0.4 is 16.2 Å². The average Bonchev–Trinajstić information content (AvgIpc) is 3.20. The summed E-state index contributed by atoms with van der Waals surface area (Å²) < 4.78 is 5.54. The maximum Gasteiger partial charge on any atom is 0.407 e. The molecular weight excluding hydrogens is 502 g/mol. The number of alkyl carbamates (subject to hydrolysis) is 1. The van der Waals surface area contributed by atoms with Crippen LogP contribution in [0.15, 0.2) is 65.6 Å². The lowest BCUT2D eigenvalue weighted by Gasteiger charge is -2.17. The van der Waals surface area contributed by atoms with Gasteiger partial charge in [0.05, 0.1) is 6.04 Å². The first-order valence-electron chi connectivity index (χ1n) is 12.4. The minimum atomic E-state index is -0.748. The lowest BCUT2D eigenvalue weighted by atomic mass is 9.98. The molecule has 2 amide bonds. The van der Waals surface area contributed by atoms with Crippen LogP contribution in [-0.2, 0) is 20.7 Å². The van der Waals surface area contributed by atoms with Crippen molar-refractivity contribution in [2.75, 3.05) is 13.2 Å². The van der Waals surface area contributed by atoms with Crippen LogP contribution in [0.25, 0.3) is 11.1 Å². The van der Waals surface area contributed by atoms with Gasteiger partial charge in [-0.15, -0.1) is 0 Å². The minimum Gasteiger partial charge on any atom is -0.449 e. The average molecular weight is 536 g/mol. The topological polar surface area (TPSA) is 117 Å². The molecule has 1 aromatic heterocycles. The molecule has 0 saturated carbocycles. The summed E-state index contributed by atoms with van der Waals surface area (Å²) in [5.74, 6) is -0.613. The third-order valence-corrected chi connectivity index (χ3v) is 6.54. The molecule has 1 atom stereocenters. The Morgan fingerprint density at radius 1 is 1.03 bits per heavy atom. The van der Waals surface area contributed by atoms with E-state index in [1.54, 1.807) is 12.3 Å². The number of nitrogens with one attached hydrogen (secondary N) is 3. The van der Waals surface area contributed by atoms with E-state index in [4.69, 9.17) is 4.74 Å². The minimum absolute atomic E-state index is 0. The van der Waals surface area contributed by atoms with Crippen molar-refractivity contribution in [1.82, 2.24) is 15.6 Å². The molecule has 4 rings (SSSR count). The molecule has 0 unspecified atom stereocenters. The highest BCUT2D eigenvalue weighted by Crippen LogP contribution is 2.44. The Labute approximate surface area is 228 Å².